The Morgan fingerprint density at radius 2 is 1.82 bits per heavy atom. The minimum atomic E-state index is -0.373. The van der Waals surface area contributed by atoms with Crippen molar-refractivity contribution in [3.8, 4) is 22.8 Å². The molecule has 0 bridgehead atoms. The number of benzene rings is 2. The fourth-order valence-corrected chi connectivity index (χ4v) is 4.34. The van der Waals surface area contributed by atoms with Crippen molar-refractivity contribution in [2.24, 2.45) is 0 Å². The molecule has 0 aliphatic heterocycles. The topological polar surface area (TPSA) is 73.1 Å². The normalized spacial score (nSPS) is 11.7. The van der Waals surface area contributed by atoms with E-state index in [1.807, 2.05) is 85.1 Å². The molecule has 0 fully saturated rings. The first-order valence-corrected chi connectivity index (χ1v) is 11.5. The molecule has 0 aliphatic rings. The maximum Gasteiger partial charge on any atom is 0.240 e. The van der Waals surface area contributed by atoms with Crippen molar-refractivity contribution >= 4 is 23.4 Å². The molecule has 0 aliphatic carbocycles. The molecule has 0 saturated heterocycles. The third kappa shape index (κ3) is 5.06. The molecule has 2 aromatic heterocycles. The molecule has 2 aromatic carbocycles. The van der Waals surface area contributed by atoms with Crippen molar-refractivity contribution in [3.05, 3.63) is 79.1 Å². The zero-order chi connectivity index (χ0) is 23.2. The first kappa shape index (κ1) is 22.5. The van der Waals surface area contributed by atoms with Crippen LogP contribution in [0.1, 0.15) is 13.8 Å². The smallest absolute Gasteiger partial charge is 0.240 e. The summed E-state index contributed by atoms with van der Waals surface area (Å²) < 4.78 is 7.53. The first-order valence-electron chi connectivity index (χ1n) is 10.7. The molecule has 4 rings (SSSR count). The van der Waals surface area contributed by atoms with Gasteiger partial charge in [0.2, 0.25) is 5.91 Å². The van der Waals surface area contributed by atoms with E-state index in [2.05, 4.69) is 15.2 Å². The van der Waals surface area contributed by atoms with Crippen LogP contribution in [0.2, 0.25) is 0 Å². The van der Waals surface area contributed by atoms with Crippen molar-refractivity contribution in [2.75, 3.05) is 18.6 Å². The minimum Gasteiger partial charge on any atom is -0.494 e. The standard InChI is InChI=1S/C25H25N5O2S/c1-4-32-22-14-12-21(13-15-22)30-23(19-9-8-16-26-17-19)27-28-25(30)33-18(2)24(31)29(3)20-10-6-5-7-11-20/h5-18H,4H2,1-3H3. The quantitative estimate of drug-likeness (QED) is 0.350. The predicted molar refractivity (Wildman–Crippen MR) is 131 cm³/mol. The molecule has 0 radical (unpaired) electrons. The van der Waals surface area contributed by atoms with E-state index < -0.39 is 0 Å². The van der Waals surface area contributed by atoms with Crippen LogP contribution in [0.15, 0.2) is 84.3 Å². The number of hydrogen-bond donors (Lipinski definition) is 0. The number of thioether (sulfide) groups is 1. The summed E-state index contributed by atoms with van der Waals surface area (Å²) in [6, 6.07) is 21.1. The lowest BCUT2D eigenvalue weighted by Crippen LogP contribution is -2.33. The molecule has 4 aromatic rings. The fourth-order valence-electron chi connectivity index (χ4n) is 3.38. The van der Waals surface area contributed by atoms with Crippen molar-refractivity contribution in [1.29, 1.82) is 0 Å². The van der Waals surface area contributed by atoms with Crippen LogP contribution in [0.3, 0.4) is 0 Å². The number of carbonyl (C=O) groups excluding carboxylic acids is 1. The molecule has 7 nitrogen and oxygen atoms in total. The number of hydrogen-bond acceptors (Lipinski definition) is 6. The molecule has 1 unspecified atom stereocenters. The molecular formula is C25H25N5O2S. The van der Waals surface area contributed by atoms with Crippen LogP contribution in [0.4, 0.5) is 5.69 Å². The second-order valence-corrected chi connectivity index (χ2v) is 8.61. The Morgan fingerprint density at radius 3 is 2.48 bits per heavy atom. The van der Waals surface area contributed by atoms with Crippen LogP contribution >= 0.6 is 11.8 Å². The summed E-state index contributed by atoms with van der Waals surface area (Å²) >= 11 is 1.37. The molecule has 8 heteroatoms. The molecule has 33 heavy (non-hydrogen) atoms. The van der Waals surface area contributed by atoms with E-state index in [1.54, 1.807) is 24.3 Å². The van der Waals surface area contributed by atoms with Crippen LogP contribution in [-0.4, -0.2) is 44.6 Å². The van der Waals surface area contributed by atoms with E-state index in [-0.39, 0.29) is 11.2 Å². The number of nitrogens with zero attached hydrogens (tertiary/aromatic N) is 5. The van der Waals surface area contributed by atoms with E-state index in [9.17, 15) is 4.79 Å². The summed E-state index contributed by atoms with van der Waals surface area (Å²) in [6.45, 7) is 4.43. The fraction of sp³-hybridized carbons (Fsp3) is 0.200. The Labute approximate surface area is 197 Å². The van der Waals surface area contributed by atoms with Gasteiger partial charge in [0.1, 0.15) is 5.75 Å². The Morgan fingerprint density at radius 1 is 1.06 bits per heavy atom. The highest BCUT2D eigenvalue weighted by atomic mass is 32.2. The number of anilines is 1. The molecule has 0 saturated carbocycles. The van der Waals surface area contributed by atoms with Gasteiger partial charge < -0.3 is 9.64 Å². The third-order valence-corrected chi connectivity index (χ3v) is 6.09. The van der Waals surface area contributed by atoms with Gasteiger partial charge in [0.25, 0.3) is 0 Å². The third-order valence-electron chi connectivity index (χ3n) is 5.06. The highest BCUT2D eigenvalue weighted by Gasteiger charge is 2.24. The Bertz CT molecular complexity index is 1200. The summed E-state index contributed by atoms with van der Waals surface area (Å²) in [5, 5.41) is 9.11. The van der Waals surface area contributed by atoms with Gasteiger partial charge in [-0.3, -0.25) is 14.3 Å². The maximum absolute atomic E-state index is 13.1. The average Bonchev–Trinajstić information content (AvgIpc) is 3.28. The molecule has 1 amide bonds. The lowest BCUT2D eigenvalue weighted by atomic mass is 10.2. The van der Waals surface area contributed by atoms with Gasteiger partial charge in [-0.2, -0.15) is 0 Å². The highest BCUT2D eigenvalue weighted by Crippen LogP contribution is 2.31. The van der Waals surface area contributed by atoms with Gasteiger partial charge in [-0.15, -0.1) is 10.2 Å². The molecule has 0 spiro atoms. The largest absolute Gasteiger partial charge is 0.494 e. The lowest BCUT2D eigenvalue weighted by molar-refractivity contribution is -0.117. The second-order valence-electron chi connectivity index (χ2n) is 7.30. The van der Waals surface area contributed by atoms with Gasteiger partial charge in [-0.25, -0.2) is 0 Å². The zero-order valence-corrected chi connectivity index (χ0v) is 19.6. The minimum absolute atomic E-state index is 0.0182. The van der Waals surface area contributed by atoms with Crippen molar-refractivity contribution in [2.45, 2.75) is 24.3 Å². The van der Waals surface area contributed by atoms with E-state index >= 15 is 0 Å². The van der Waals surface area contributed by atoms with E-state index in [4.69, 9.17) is 4.74 Å². The summed E-state index contributed by atoms with van der Waals surface area (Å²) in [5.74, 6) is 1.43. The Kier molecular flexibility index (Phi) is 7.04. The molecular weight excluding hydrogens is 434 g/mol. The average molecular weight is 460 g/mol. The van der Waals surface area contributed by atoms with E-state index in [0.717, 1.165) is 22.7 Å². The Balaban J connectivity index is 1.66. The second kappa shape index (κ2) is 10.3. The van der Waals surface area contributed by atoms with Crippen LogP contribution in [0.5, 0.6) is 5.75 Å². The summed E-state index contributed by atoms with van der Waals surface area (Å²) in [7, 11) is 1.78. The van der Waals surface area contributed by atoms with Crippen LogP contribution in [0.25, 0.3) is 17.1 Å². The number of carbonyl (C=O) groups is 1. The van der Waals surface area contributed by atoms with Gasteiger partial charge in [0.15, 0.2) is 11.0 Å². The number of pyridine rings is 1. The molecule has 1 atom stereocenters. The number of aromatic nitrogens is 4. The predicted octanol–water partition coefficient (Wildman–Crippen LogP) is 4.87. The van der Waals surface area contributed by atoms with E-state index in [1.165, 1.54) is 11.8 Å². The summed E-state index contributed by atoms with van der Waals surface area (Å²) in [4.78, 5) is 19.0. The van der Waals surface area contributed by atoms with Gasteiger partial charge >= 0.3 is 0 Å². The highest BCUT2D eigenvalue weighted by molar-refractivity contribution is 8.00. The van der Waals surface area contributed by atoms with Crippen molar-refractivity contribution in [1.82, 2.24) is 19.7 Å². The number of ether oxygens (including phenoxy) is 1. The van der Waals surface area contributed by atoms with Crippen molar-refractivity contribution < 1.29 is 9.53 Å². The van der Waals surface area contributed by atoms with Gasteiger partial charge in [-0.1, -0.05) is 30.0 Å². The SMILES string of the molecule is CCOc1ccc(-n2c(SC(C)C(=O)N(C)c3ccccc3)nnc2-c2cccnc2)cc1. The van der Waals surface area contributed by atoms with Crippen LogP contribution < -0.4 is 9.64 Å². The van der Waals surface area contributed by atoms with Gasteiger partial charge in [0, 0.05) is 36.4 Å². The van der Waals surface area contributed by atoms with Gasteiger partial charge in [-0.05, 0) is 62.4 Å². The summed E-state index contributed by atoms with van der Waals surface area (Å²) in [5.41, 5.74) is 2.56. The summed E-state index contributed by atoms with van der Waals surface area (Å²) in [6.07, 6.45) is 3.47. The Hall–Kier alpha value is -3.65. The molecule has 2 heterocycles. The van der Waals surface area contributed by atoms with Gasteiger partial charge in [0.05, 0.1) is 11.9 Å². The molecule has 168 valence electrons. The van der Waals surface area contributed by atoms with Crippen LogP contribution in [0, 0.1) is 0 Å². The van der Waals surface area contributed by atoms with Crippen LogP contribution in [-0.2, 0) is 4.79 Å². The van der Waals surface area contributed by atoms with Crippen molar-refractivity contribution in [3.63, 3.8) is 0 Å². The molecule has 0 N–H and O–H groups in total. The lowest BCUT2D eigenvalue weighted by Gasteiger charge is -2.21. The number of para-hydroxylation sites is 1. The maximum atomic E-state index is 13.1. The zero-order valence-electron chi connectivity index (χ0n) is 18.8. The number of amides is 1. The van der Waals surface area contributed by atoms with E-state index in [0.29, 0.717) is 17.6 Å². The number of rotatable bonds is 8. The monoisotopic (exact) mass is 459 g/mol. The first-order chi connectivity index (χ1) is 16.1.